The van der Waals surface area contributed by atoms with Gasteiger partial charge < -0.3 is 15.0 Å². The fourth-order valence-corrected chi connectivity index (χ4v) is 3.65. The van der Waals surface area contributed by atoms with Crippen molar-refractivity contribution in [2.45, 2.75) is 58.2 Å². The van der Waals surface area contributed by atoms with Crippen LogP contribution in [-0.4, -0.2) is 54.2 Å². The Bertz CT molecular complexity index is 545. The van der Waals surface area contributed by atoms with Gasteiger partial charge in [-0.15, -0.1) is 0 Å². The van der Waals surface area contributed by atoms with E-state index in [0.717, 1.165) is 51.3 Å². The van der Waals surface area contributed by atoms with Crippen LogP contribution in [0.15, 0.2) is 24.3 Å². The number of rotatable bonds is 5. The summed E-state index contributed by atoms with van der Waals surface area (Å²) in [5.74, 6) is 0.923. The summed E-state index contributed by atoms with van der Waals surface area (Å²) in [7, 11) is 0. The number of piperazine rings is 1. The summed E-state index contributed by atoms with van der Waals surface area (Å²) in [5.41, 5.74) is 1.29. The van der Waals surface area contributed by atoms with Crippen molar-refractivity contribution in [2.75, 3.05) is 26.2 Å². The van der Waals surface area contributed by atoms with Gasteiger partial charge in [-0.1, -0.05) is 25.0 Å². The Morgan fingerprint density at radius 1 is 1.12 bits per heavy atom. The topological polar surface area (TPSA) is 44.8 Å². The molecule has 138 valence electrons. The van der Waals surface area contributed by atoms with Crippen LogP contribution < -0.4 is 10.1 Å². The number of ether oxygens (including phenoxy) is 1. The zero-order chi connectivity index (χ0) is 17.6. The van der Waals surface area contributed by atoms with E-state index in [4.69, 9.17) is 4.74 Å². The van der Waals surface area contributed by atoms with Crippen molar-refractivity contribution in [3.63, 3.8) is 0 Å². The number of carbonyl (C=O) groups is 1. The van der Waals surface area contributed by atoms with E-state index >= 15 is 0 Å². The number of nitrogens with one attached hydrogen (secondary N) is 1. The van der Waals surface area contributed by atoms with Gasteiger partial charge in [0.15, 0.2) is 0 Å². The molecule has 2 fully saturated rings. The molecule has 5 nitrogen and oxygen atoms in total. The Kier molecular flexibility index (Phi) is 6.19. The van der Waals surface area contributed by atoms with Crippen LogP contribution in [0.1, 0.15) is 45.1 Å². The monoisotopic (exact) mass is 345 g/mol. The van der Waals surface area contributed by atoms with E-state index in [2.05, 4.69) is 22.3 Å². The first-order chi connectivity index (χ1) is 12.1. The van der Waals surface area contributed by atoms with Gasteiger partial charge in [0.05, 0.1) is 6.10 Å². The summed E-state index contributed by atoms with van der Waals surface area (Å²) >= 11 is 0. The maximum absolute atomic E-state index is 12.3. The minimum absolute atomic E-state index is 0.127. The number of nitrogens with zero attached hydrogens (tertiary/aromatic N) is 2. The fourth-order valence-electron chi connectivity index (χ4n) is 3.65. The van der Waals surface area contributed by atoms with Gasteiger partial charge in [0.2, 0.25) is 0 Å². The summed E-state index contributed by atoms with van der Waals surface area (Å²) in [6.45, 7) is 8.50. The summed E-state index contributed by atoms with van der Waals surface area (Å²) in [6.07, 6.45) is 4.98. The Morgan fingerprint density at radius 3 is 2.36 bits per heavy atom. The predicted octanol–water partition coefficient (Wildman–Crippen LogP) is 3.24. The molecular formula is C20H31N3O2. The molecule has 0 atom stereocenters. The molecule has 0 radical (unpaired) electrons. The Balaban J connectivity index is 1.42. The molecule has 1 aliphatic heterocycles. The van der Waals surface area contributed by atoms with Crippen molar-refractivity contribution in [1.82, 2.24) is 15.1 Å². The number of hydrogen-bond acceptors (Lipinski definition) is 3. The number of hydrogen-bond donors (Lipinski definition) is 1. The van der Waals surface area contributed by atoms with E-state index in [-0.39, 0.29) is 12.1 Å². The number of urea groups is 1. The van der Waals surface area contributed by atoms with Crippen LogP contribution in [0.5, 0.6) is 5.75 Å². The molecule has 5 heteroatoms. The maximum atomic E-state index is 12.3. The van der Waals surface area contributed by atoms with Gasteiger partial charge in [-0.25, -0.2) is 4.79 Å². The van der Waals surface area contributed by atoms with Crippen molar-refractivity contribution in [1.29, 1.82) is 0 Å². The van der Waals surface area contributed by atoms with E-state index < -0.39 is 0 Å². The Labute approximate surface area is 151 Å². The highest BCUT2D eigenvalue weighted by atomic mass is 16.5. The lowest BCUT2D eigenvalue weighted by atomic mass is 10.2. The van der Waals surface area contributed by atoms with Crippen LogP contribution in [0, 0.1) is 0 Å². The molecule has 1 saturated heterocycles. The van der Waals surface area contributed by atoms with Gasteiger partial charge in [-0.05, 0) is 44.4 Å². The molecule has 1 aromatic rings. The van der Waals surface area contributed by atoms with Crippen molar-refractivity contribution in [3.05, 3.63) is 29.8 Å². The van der Waals surface area contributed by atoms with E-state index in [1.807, 2.05) is 30.9 Å². The van der Waals surface area contributed by atoms with Gasteiger partial charge in [0.1, 0.15) is 5.75 Å². The molecule has 1 aromatic carbocycles. The second-order valence-corrected chi connectivity index (χ2v) is 7.50. The zero-order valence-electron chi connectivity index (χ0n) is 15.5. The molecule has 1 heterocycles. The Hall–Kier alpha value is -1.75. The molecule has 0 bridgehead atoms. The maximum Gasteiger partial charge on any atom is 0.317 e. The molecule has 3 rings (SSSR count). The van der Waals surface area contributed by atoms with Gasteiger partial charge in [-0.3, -0.25) is 4.90 Å². The van der Waals surface area contributed by atoms with Crippen molar-refractivity contribution in [2.24, 2.45) is 0 Å². The minimum Gasteiger partial charge on any atom is -0.491 e. The quantitative estimate of drug-likeness (QED) is 0.891. The van der Waals surface area contributed by atoms with E-state index in [1.54, 1.807) is 0 Å². The van der Waals surface area contributed by atoms with Gasteiger partial charge in [0, 0.05) is 38.8 Å². The number of amides is 2. The molecular weight excluding hydrogens is 314 g/mol. The summed E-state index contributed by atoms with van der Waals surface area (Å²) in [5, 5.41) is 3.19. The lowest BCUT2D eigenvalue weighted by Gasteiger charge is -2.35. The second-order valence-electron chi connectivity index (χ2n) is 7.50. The Morgan fingerprint density at radius 2 is 1.76 bits per heavy atom. The first-order valence-electron chi connectivity index (χ1n) is 9.63. The third-order valence-electron chi connectivity index (χ3n) is 5.04. The molecule has 1 saturated carbocycles. The number of carbonyl (C=O) groups excluding carboxylic acids is 1. The third kappa shape index (κ3) is 5.36. The van der Waals surface area contributed by atoms with Crippen LogP contribution in [0.25, 0.3) is 0 Å². The molecule has 1 N–H and O–H groups in total. The second kappa shape index (κ2) is 8.56. The molecule has 0 unspecified atom stereocenters. The summed E-state index contributed by atoms with van der Waals surface area (Å²) < 4.78 is 5.69. The molecule has 0 spiro atoms. The highest BCUT2D eigenvalue weighted by Crippen LogP contribution is 2.19. The summed E-state index contributed by atoms with van der Waals surface area (Å²) in [4.78, 5) is 16.7. The van der Waals surface area contributed by atoms with Gasteiger partial charge in [0.25, 0.3) is 0 Å². The SMILES string of the molecule is CC(C)Oc1ccc(CN2CCN(C(=O)NC3CCCC3)CC2)cc1. The molecule has 25 heavy (non-hydrogen) atoms. The third-order valence-corrected chi connectivity index (χ3v) is 5.04. The molecule has 2 aliphatic rings. The van der Waals surface area contributed by atoms with Crippen LogP contribution in [0.2, 0.25) is 0 Å². The average Bonchev–Trinajstić information content (AvgIpc) is 3.10. The van der Waals surface area contributed by atoms with Crippen LogP contribution >= 0.6 is 0 Å². The highest BCUT2D eigenvalue weighted by molar-refractivity contribution is 5.74. The van der Waals surface area contributed by atoms with Crippen LogP contribution in [-0.2, 0) is 6.54 Å². The van der Waals surface area contributed by atoms with E-state index in [1.165, 1.54) is 18.4 Å². The first kappa shape index (κ1) is 18.1. The largest absolute Gasteiger partial charge is 0.491 e. The van der Waals surface area contributed by atoms with Crippen molar-refractivity contribution >= 4 is 6.03 Å². The van der Waals surface area contributed by atoms with E-state index in [0.29, 0.717) is 6.04 Å². The standard InChI is InChI=1S/C20H31N3O2/c1-16(2)25-19-9-7-17(8-10-19)15-22-11-13-23(14-12-22)20(24)21-18-5-3-4-6-18/h7-10,16,18H,3-6,11-15H2,1-2H3,(H,21,24). The first-order valence-corrected chi connectivity index (χ1v) is 9.63. The van der Waals surface area contributed by atoms with E-state index in [9.17, 15) is 4.79 Å². The number of benzene rings is 1. The lowest BCUT2D eigenvalue weighted by molar-refractivity contribution is 0.133. The van der Waals surface area contributed by atoms with Gasteiger partial charge >= 0.3 is 6.03 Å². The lowest BCUT2D eigenvalue weighted by Crippen LogP contribution is -2.52. The van der Waals surface area contributed by atoms with Crippen molar-refractivity contribution < 1.29 is 9.53 Å². The zero-order valence-corrected chi connectivity index (χ0v) is 15.5. The fraction of sp³-hybridized carbons (Fsp3) is 0.650. The molecule has 0 aromatic heterocycles. The average molecular weight is 345 g/mol. The van der Waals surface area contributed by atoms with Crippen molar-refractivity contribution in [3.8, 4) is 5.75 Å². The summed E-state index contributed by atoms with van der Waals surface area (Å²) in [6, 6.07) is 8.88. The smallest absolute Gasteiger partial charge is 0.317 e. The predicted molar refractivity (Wildman–Crippen MR) is 99.8 cm³/mol. The van der Waals surface area contributed by atoms with Crippen LogP contribution in [0.4, 0.5) is 4.79 Å². The van der Waals surface area contributed by atoms with Gasteiger partial charge in [-0.2, -0.15) is 0 Å². The molecule has 1 aliphatic carbocycles. The van der Waals surface area contributed by atoms with Crippen LogP contribution in [0.3, 0.4) is 0 Å². The highest BCUT2D eigenvalue weighted by Gasteiger charge is 2.24. The minimum atomic E-state index is 0.127. The molecule has 2 amide bonds. The normalized spacial score (nSPS) is 19.4.